The number of aryl methyl sites for hydroxylation is 1. The summed E-state index contributed by atoms with van der Waals surface area (Å²) in [5.41, 5.74) is 1.94. The van der Waals surface area contributed by atoms with Crippen molar-refractivity contribution >= 4 is 40.6 Å². The standard InChI is InChI=1S/C25H24ClN5O2S/c1-15-8-17(5-6-21-4-3-7-34-21)11-27-24(15)29-25(33)23-22(26)12-28-31(23)20-9-18-13-30(16(2)32)14-19(18)10-20/h3-4,7-8,11-12,18-20H,9-10,13-14H2,1-2H3,(H,27,29,33)/t18-,19+,20?. The SMILES string of the molecule is CC(=O)N1C[C@H]2CC(n3ncc(Cl)c3C(=O)Nc3ncc(C#Cc4cccs4)cc3C)C[C@H]2C1. The molecule has 1 unspecified atom stereocenters. The molecule has 1 aliphatic carbocycles. The molecule has 1 saturated carbocycles. The van der Waals surface area contributed by atoms with Crippen LogP contribution in [0.2, 0.25) is 5.02 Å². The minimum Gasteiger partial charge on any atom is -0.342 e. The molecule has 1 aliphatic heterocycles. The van der Waals surface area contributed by atoms with Gasteiger partial charge in [-0.25, -0.2) is 4.98 Å². The van der Waals surface area contributed by atoms with Crippen LogP contribution >= 0.6 is 22.9 Å². The second-order valence-corrected chi connectivity index (χ2v) is 10.3. The Hall–Kier alpha value is -3.15. The lowest BCUT2D eigenvalue weighted by Crippen LogP contribution is -2.28. The first-order chi connectivity index (χ1) is 16.4. The van der Waals surface area contributed by atoms with Crippen molar-refractivity contribution in [1.82, 2.24) is 19.7 Å². The molecule has 0 spiro atoms. The summed E-state index contributed by atoms with van der Waals surface area (Å²) >= 11 is 7.98. The van der Waals surface area contributed by atoms with Gasteiger partial charge in [-0.15, -0.1) is 11.3 Å². The van der Waals surface area contributed by atoms with Gasteiger partial charge >= 0.3 is 0 Å². The van der Waals surface area contributed by atoms with E-state index in [-0.39, 0.29) is 17.9 Å². The van der Waals surface area contributed by atoms with E-state index in [1.54, 1.807) is 29.1 Å². The van der Waals surface area contributed by atoms with E-state index >= 15 is 0 Å². The van der Waals surface area contributed by atoms with Gasteiger partial charge in [-0.05, 0) is 54.7 Å². The van der Waals surface area contributed by atoms with Crippen LogP contribution in [-0.2, 0) is 4.79 Å². The van der Waals surface area contributed by atoms with Gasteiger partial charge in [0, 0.05) is 31.8 Å². The zero-order chi connectivity index (χ0) is 23.8. The van der Waals surface area contributed by atoms with Crippen molar-refractivity contribution in [2.24, 2.45) is 11.8 Å². The summed E-state index contributed by atoms with van der Waals surface area (Å²) in [6.07, 6.45) is 4.93. The predicted octanol–water partition coefficient (Wildman–Crippen LogP) is 4.38. The van der Waals surface area contributed by atoms with E-state index < -0.39 is 0 Å². The number of hydrogen-bond donors (Lipinski definition) is 1. The van der Waals surface area contributed by atoms with E-state index in [4.69, 9.17) is 11.6 Å². The number of anilines is 1. The lowest BCUT2D eigenvalue weighted by molar-refractivity contribution is -0.128. The minimum absolute atomic E-state index is 0.0846. The van der Waals surface area contributed by atoms with Gasteiger partial charge in [-0.1, -0.05) is 29.5 Å². The number of fused-ring (bicyclic) bond motifs is 1. The number of rotatable bonds is 3. The normalized spacial score (nSPS) is 21.1. The maximum atomic E-state index is 13.2. The molecule has 4 heterocycles. The molecule has 1 N–H and O–H groups in total. The van der Waals surface area contributed by atoms with E-state index in [0.29, 0.717) is 28.4 Å². The molecule has 3 atom stereocenters. The van der Waals surface area contributed by atoms with Gasteiger partial charge in [-0.3, -0.25) is 14.3 Å². The molecule has 0 radical (unpaired) electrons. The molecule has 3 aromatic rings. The van der Waals surface area contributed by atoms with Crippen molar-refractivity contribution in [3.63, 3.8) is 0 Å². The monoisotopic (exact) mass is 493 g/mol. The first-order valence-corrected chi connectivity index (χ1v) is 12.5. The number of aromatic nitrogens is 3. The molecule has 34 heavy (non-hydrogen) atoms. The smallest absolute Gasteiger partial charge is 0.276 e. The molecule has 3 aromatic heterocycles. The molecular formula is C25H24ClN5O2S. The Morgan fingerprint density at radius 1 is 1.21 bits per heavy atom. The Kier molecular flexibility index (Phi) is 6.15. The van der Waals surface area contributed by atoms with Crippen molar-refractivity contribution in [2.75, 3.05) is 18.4 Å². The number of carbonyl (C=O) groups is 2. The molecule has 1 saturated heterocycles. The lowest BCUT2D eigenvalue weighted by Gasteiger charge is -2.19. The van der Waals surface area contributed by atoms with Crippen LogP contribution in [0.25, 0.3) is 0 Å². The third-order valence-electron chi connectivity index (χ3n) is 6.64. The largest absolute Gasteiger partial charge is 0.342 e. The van der Waals surface area contributed by atoms with Gasteiger partial charge in [0.1, 0.15) is 11.5 Å². The average molecular weight is 494 g/mol. The molecule has 2 amide bonds. The predicted molar refractivity (Wildman–Crippen MR) is 132 cm³/mol. The fraction of sp³-hybridized carbons (Fsp3) is 0.360. The van der Waals surface area contributed by atoms with Crippen molar-refractivity contribution < 1.29 is 9.59 Å². The summed E-state index contributed by atoms with van der Waals surface area (Å²) < 4.78 is 1.75. The van der Waals surface area contributed by atoms with E-state index in [2.05, 4.69) is 27.2 Å². The van der Waals surface area contributed by atoms with Crippen molar-refractivity contribution in [3.8, 4) is 11.8 Å². The Labute approximate surface area is 207 Å². The zero-order valence-electron chi connectivity index (χ0n) is 18.9. The van der Waals surface area contributed by atoms with Crippen LogP contribution in [0.5, 0.6) is 0 Å². The molecular weight excluding hydrogens is 470 g/mol. The number of halogens is 1. The van der Waals surface area contributed by atoms with E-state index in [9.17, 15) is 9.59 Å². The number of thiophene rings is 1. The summed E-state index contributed by atoms with van der Waals surface area (Å²) in [5.74, 6) is 7.34. The Bertz CT molecular complexity index is 1290. The van der Waals surface area contributed by atoms with Crippen molar-refractivity contribution in [3.05, 3.63) is 62.7 Å². The molecule has 2 aliphatic rings. The van der Waals surface area contributed by atoms with Crippen LogP contribution in [-0.4, -0.2) is 44.6 Å². The van der Waals surface area contributed by atoms with E-state index in [0.717, 1.165) is 41.9 Å². The minimum atomic E-state index is -0.335. The second kappa shape index (κ2) is 9.24. The van der Waals surface area contributed by atoms with Crippen LogP contribution in [0.15, 0.2) is 36.0 Å². The van der Waals surface area contributed by atoms with Crippen molar-refractivity contribution in [2.45, 2.75) is 32.7 Å². The highest BCUT2D eigenvalue weighted by Gasteiger charge is 2.43. The average Bonchev–Trinajstić information content (AvgIpc) is 3.57. The van der Waals surface area contributed by atoms with Gasteiger partial charge in [0.05, 0.1) is 22.1 Å². The molecule has 9 heteroatoms. The Morgan fingerprint density at radius 2 is 1.97 bits per heavy atom. The lowest BCUT2D eigenvalue weighted by atomic mass is 10.0. The third-order valence-corrected chi connectivity index (χ3v) is 7.71. The van der Waals surface area contributed by atoms with Gasteiger partial charge in [0.25, 0.3) is 5.91 Å². The van der Waals surface area contributed by atoms with Gasteiger partial charge in [0.15, 0.2) is 0 Å². The third kappa shape index (κ3) is 4.46. The van der Waals surface area contributed by atoms with Crippen molar-refractivity contribution in [1.29, 1.82) is 0 Å². The summed E-state index contributed by atoms with van der Waals surface area (Å²) in [5, 5.41) is 9.63. The fourth-order valence-corrected chi connectivity index (χ4v) is 5.77. The highest BCUT2D eigenvalue weighted by atomic mass is 35.5. The van der Waals surface area contributed by atoms with Gasteiger partial charge < -0.3 is 10.2 Å². The first kappa shape index (κ1) is 22.6. The molecule has 174 valence electrons. The number of hydrogen-bond acceptors (Lipinski definition) is 5. The molecule has 0 bridgehead atoms. The number of amides is 2. The molecule has 7 nitrogen and oxygen atoms in total. The quantitative estimate of drug-likeness (QED) is 0.549. The van der Waals surface area contributed by atoms with E-state index in [1.165, 1.54) is 6.20 Å². The molecule has 0 aromatic carbocycles. The van der Waals surface area contributed by atoms with E-state index in [1.807, 2.05) is 35.4 Å². The number of carbonyl (C=O) groups excluding carboxylic acids is 2. The highest BCUT2D eigenvalue weighted by molar-refractivity contribution is 7.10. The highest BCUT2D eigenvalue weighted by Crippen LogP contribution is 2.44. The fourth-order valence-electron chi connectivity index (χ4n) is 4.98. The van der Waals surface area contributed by atoms with Crippen LogP contribution in [0.4, 0.5) is 5.82 Å². The summed E-state index contributed by atoms with van der Waals surface area (Å²) in [6.45, 7) is 5.06. The molecule has 5 rings (SSSR count). The maximum absolute atomic E-state index is 13.2. The zero-order valence-corrected chi connectivity index (χ0v) is 20.5. The number of pyridine rings is 1. The number of likely N-dealkylation sites (tertiary alicyclic amines) is 1. The molecule has 2 fully saturated rings. The Balaban J connectivity index is 1.30. The number of nitrogens with zero attached hydrogens (tertiary/aromatic N) is 4. The van der Waals surface area contributed by atoms with Gasteiger partial charge in [-0.2, -0.15) is 5.10 Å². The van der Waals surface area contributed by atoms with Crippen LogP contribution in [0.1, 0.15) is 52.3 Å². The van der Waals surface area contributed by atoms with Gasteiger partial charge in [0.2, 0.25) is 5.91 Å². The van der Waals surface area contributed by atoms with Crippen LogP contribution < -0.4 is 5.32 Å². The topological polar surface area (TPSA) is 80.1 Å². The van der Waals surface area contributed by atoms with Crippen LogP contribution in [0, 0.1) is 30.6 Å². The first-order valence-electron chi connectivity index (χ1n) is 11.2. The Morgan fingerprint density at radius 3 is 2.62 bits per heavy atom. The van der Waals surface area contributed by atoms with Crippen LogP contribution in [0.3, 0.4) is 0 Å². The summed E-state index contributed by atoms with van der Waals surface area (Å²) in [7, 11) is 0. The summed E-state index contributed by atoms with van der Waals surface area (Å²) in [6, 6.07) is 5.92. The number of nitrogens with one attached hydrogen (secondary N) is 1. The summed E-state index contributed by atoms with van der Waals surface area (Å²) in [4.78, 5) is 32.2. The maximum Gasteiger partial charge on any atom is 0.276 e. The second-order valence-electron chi connectivity index (χ2n) is 8.93.